The van der Waals surface area contributed by atoms with E-state index in [0.29, 0.717) is 5.75 Å². The third kappa shape index (κ3) is 3.07. The Morgan fingerprint density at radius 3 is 2.42 bits per heavy atom. The van der Waals surface area contributed by atoms with Gasteiger partial charge in [0.25, 0.3) is 5.69 Å². The summed E-state index contributed by atoms with van der Waals surface area (Å²) in [7, 11) is 0. The first-order valence-corrected chi connectivity index (χ1v) is 5.81. The van der Waals surface area contributed by atoms with Crippen LogP contribution in [0.1, 0.15) is 12.5 Å². The lowest BCUT2D eigenvalue weighted by atomic mass is 10.2. The smallest absolute Gasteiger partial charge is 0.272 e. The van der Waals surface area contributed by atoms with E-state index < -0.39 is 10.7 Å². The van der Waals surface area contributed by atoms with Crippen molar-refractivity contribution in [2.75, 3.05) is 0 Å². The molecule has 0 fully saturated rings. The first kappa shape index (κ1) is 13.0. The minimum absolute atomic E-state index is 0.0325. The summed E-state index contributed by atoms with van der Waals surface area (Å²) < 4.78 is 19.0. The summed E-state index contributed by atoms with van der Waals surface area (Å²) in [6.45, 7) is 2.03. The van der Waals surface area contributed by atoms with Crippen molar-refractivity contribution in [2.45, 2.75) is 13.3 Å². The zero-order valence-corrected chi connectivity index (χ0v) is 10.3. The largest absolute Gasteiger partial charge is 0.454 e. The molecule has 0 aliphatic rings. The summed E-state index contributed by atoms with van der Waals surface area (Å²) in [6, 6.07) is 10.5. The van der Waals surface area contributed by atoms with E-state index in [1.807, 2.05) is 19.1 Å². The molecule has 0 amide bonds. The van der Waals surface area contributed by atoms with Gasteiger partial charge in [0, 0.05) is 6.07 Å². The topological polar surface area (TPSA) is 52.4 Å². The van der Waals surface area contributed by atoms with E-state index in [1.54, 1.807) is 12.1 Å². The Bertz CT molecular complexity index is 596. The number of rotatable bonds is 4. The maximum atomic E-state index is 13.6. The van der Waals surface area contributed by atoms with E-state index in [2.05, 4.69) is 0 Å². The van der Waals surface area contributed by atoms with Gasteiger partial charge in [0.1, 0.15) is 5.75 Å². The van der Waals surface area contributed by atoms with E-state index >= 15 is 0 Å². The number of ether oxygens (including phenoxy) is 1. The van der Waals surface area contributed by atoms with Crippen LogP contribution in [0, 0.1) is 15.9 Å². The first-order valence-electron chi connectivity index (χ1n) is 5.81. The van der Waals surface area contributed by atoms with Crippen molar-refractivity contribution in [3.05, 3.63) is 64.0 Å². The van der Waals surface area contributed by atoms with Crippen LogP contribution < -0.4 is 4.74 Å². The van der Waals surface area contributed by atoms with E-state index in [1.165, 1.54) is 12.1 Å². The number of nitrogens with zero attached hydrogens (tertiary/aromatic N) is 1. The van der Waals surface area contributed by atoms with E-state index in [0.717, 1.165) is 18.1 Å². The molecule has 0 atom stereocenters. The van der Waals surface area contributed by atoms with Crippen LogP contribution in [0.15, 0.2) is 42.5 Å². The van der Waals surface area contributed by atoms with Crippen LogP contribution in [0.4, 0.5) is 10.1 Å². The molecule has 0 spiro atoms. The number of hydrogen-bond donors (Lipinski definition) is 0. The Morgan fingerprint density at radius 2 is 1.89 bits per heavy atom. The maximum Gasteiger partial charge on any atom is 0.272 e. The lowest BCUT2D eigenvalue weighted by Gasteiger charge is -2.07. The summed E-state index contributed by atoms with van der Waals surface area (Å²) in [5.41, 5.74) is 0.850. The summed E-state index contributed by atoms with van der Waals surface area (Å²) in [4.78, 5) is 9.84. The lowest BCUT2D eigenvalue weighted by molar-refractivity contribution is -0.385. The van der Waals surface area contributed by atoms with E-state index in [4.69, 9.17) is 4.74 Å². The number of aryl methyl sites for hydroxylation is 1. The quantitative estimate of drug-likeness (QED) is 0.615. The molecule has 2 aromatic rings. The van der Waals surface area contributed by atoms with E-state index in [-0.39, 0.29) is 11.4 Å². The molecule has 4 nitrogen and oxygen atoms in total. The number of nitro benzene ring substituents is 1. The lowest BCUT2D eigenvalue weighted by Crippen LogP contribution is -1.92. The van der Waals surface area contributed by atoms with Gasteiger partial charge in [0.05, 0.1) is 11.0 Å². The molecule has 0 saturated heterocycles. The third-order valence-corrected chi connectivity index (χ3v) is 2.69. The Morgan fingerprint density at radius 1 is 1.21 bits per heavy atom. The van der Waals surface area contributed by atoms with Gasteiger partial charge in [0.15, 0.2) is 11.6 Å². The number of non-ortho nitro benzene ring substituents is 1. The van der Waals surface area contributed by atoms with Crippen LogP contribution in [-0.2, 0) is 6.42 Å². The number of hydrogen-bond acceptors (Lipinski definition) is 3. The van der Waals surface area contributed by atoms with Gasteiger partial charge < -0.3 is 4.74 Å². The van der Waals surface area contributed by atoms with Crippen LogP contribution in [-0.4, -0.2) is 4.92 Å². The highest BCUT2D eigenvalue weighted by atomic mass is 19.1. The molecule has 0 heterocycles. The molecule has 0 saturated carbocycles. The highest BCUT2D eigenvalue weighted by Crippen LogP contribution is 2.27. The van der Waals surface area contributed by atoms with Gasteiger partial charge in [-0.05, 0) is 30.2 Å². The van der Waals surface area contributed by atoms with Crippen LogP contribution in [0.25, 0.3) is 0 Å². The Balaban J connectivity index is 2.20. The van der Waals surface area contributed by atoms with Crippen molar-refractivity contribution in [1.82, 2.24) is 0 Å². The zero-order chi connectivity index (χ0) is 13.8. The molecule has 0 radical (unpaired) electrons. The fraction of sp³-hybridized carbons (Fsp3) is 0.143. The monoisotopic (exact) mass is 261 g/mol. The van der Waals surface area contributed by atoms with Crippen LogP contribution >= 0.6 is 0 Å². The molecule has 0 aromatic heterocycles. The van der Waals surface area contributed by atoms with Gasteiger partial charge in [-0.25, -0.2) is 4.39 Å². The highest BCUT2D eigenvalue weighted by Gasteiger charge is 2.12. The van der Waals surface area contributed by atoms with Crippen molar-refractivity contribution in [3.63, 3.8) is 0 Å². The summed E-state index contributed by atoms with van der Waals surface area (Å²) in [5.74, 6) is -0.298. The van der Waals surface area contributed by atoms with Crippen molar-refractivity contribution < 1.29 is 14.1 Å². The molecular weight excluding hydrogens is 249 g/mol. The normalized spacial score (nSPS) is 10.2. The highest BCUT2D eigenvalue weighted by molar-refractivity contribution is 5.40. The molecule has 0 unspecified atom stereocenters. The van der Waals surface area contributed by atoms with Crippen molar-refractivity contribution in [3.8, 4) is 11.5 Å². The average molecular weight is 261 g/mol. The molecule has 0 aliphatic heterocycles. The van der Waals surface area contributed by atoms with Crippen LogP contribution in [0.3, 0.4) is 0 Å². The standard InChI is InChI=1S/C14H12FNO3/c1-2-10-3-6-12(7-4-10)19-14-8-5-11(16(17)18)9-13(14)15/h3-9H,2H2,1H3. The molecule has 0 bridgehead atoms. The van der Waals surface area contributed by atoms with Crippen molar-refractivity contribution >= 4 is 5.69 Å². The average Bonchev–Trinajstić information content (AvgIpc) is 2.41. The fourth-order valence-electron chi connectivity index (χ4n) is 1.61. The van der Waals surface area contributed by atoms with Crippen LogP contribution in [0.2, 0.25) is 0 Å². The zero-order valence-electron chi connectivity index (χ0n) is 10.3. The molecule has 98 valence electrons. The molecule has 2 rings (SSSR count). The van der Waals surface area contributed by atoms with Gasteiger partial charge >= 0.3 is 0 Å². The molecule has 19 heavy (non-hydrogen) atoms. The number of nitro groups is 1. The SMILES string of the molecule is CCc1ccc(Oc2ccc([N+](=O)[O-])cc2F)cc1. The molecular formula is C14H12FNO3. The van der Waals surface area contributed by atoms with Gasteiger partial charge in [-0.1, -0.05) is 19.1 Å². The summed E-state index contributed by atoms with van der Waals surface area (Å²) in [6.07, 6.45) is 0.909. The maximum absolute atomic E-state index is 13.6. The fourth-order valence-corrected chi connectivity index (χ4v) is 1.61. The molecule has 2 aromatic carbocycles. The van der Waals surface area contributed by atoms with Crippen molar-refractivity contribution in [2.24, 2.45) is 0 Å². The summed E-state index contributed by atoms with van der Waals surface area (Å²) in [5, 5.41) is 10.5. The first-order chi connectivity index (χ1) is 9.10. The predicted molar refractivity (Wildman–Crippen MR) is 68.9 cm³/mol. The predicted octanol–water partition coefficient (Wildman–Crippen LogP) is 4.09. The molecule has 0 N–H and O–H groups in total. The summed E-state index contributed by atoms with van der Waals surface area (Å²) >= 11 is 0. The molecule has 0 aliphatic carbocycles. The van der Waals surface area contributed by atoms with Gasteiger partial charge in [0.2, 0.25) is 0 Å². The van der Waals surface area contributed by atoms with Gasteiger partial charge in [-0.2, -0.15) is 0 Å². The van der Waals surface area contributed by atoms with Crippen molar-refractivity contribution in [1.29, 1.82) is 0 Å². The Hall–Kier alpha value is -2.43. The Kier molecular flexibility index (Phi) is 3.75. The molecule has 5 heteroatoms. The second-order valence-corrected chi connectivity index (χ2v) is 3.97. The number of benzene rings is 2. The van der Waals surface area contributed by atoms with E-state index in [9.17, 15) is 14.5 Å². The second kappa shape index (κ2) is 5.48. The third-order valence-electron chi connectivity index (χ3n) is 2.69. The second-order valence-electron chi connectivity index (χ2n) is 3.97. The number of halogens is 1. The Labute approximate surface area is 109 Å². The van der Waals surface area contributed by atoms with Gasteiger partial charge in [-0.3, -0.25) is 10.1 Å². The van der Waals surface area contributed by atoms with Crippen LogP contribution in [0.5, 0.6) is 11.5 Å². The minimum Gasteiger partial charge on any atom is -0.454 e. The minimum atomic E-state index is -0.756. The van der Waals surface area contributed by atoms with Gasteiger partial charge in [-0.15, -0.1) is 0 Å².